The van der Waals surface area contributed by atoms with E-state index < -0.39 is 35.7 Å². The number of imide groups is 1. The van der Waals surface area contributed by atoms with Crippen molar-refractivity contribution in [3.8, 4) is 0 Å². The van der Waals surface area contributed by atoms with E-state index >= 15 is 4.39 Å². The van der Waals surface area contributed by atoms with Crippen molar-refractivity contribution >= 4 is 45.4 Å². The second kappa shape index (κ2) is 9.67. The number of piperidine rings is 1. The first-order valence-electron chi connectivity index (χ1n) is 12.6. The lowest BCUT2D eigenvalue weighted by Crippen LogP contribution is -2.52. The highest BCUT2D eigenvalue weighted by Crippen LogP contribution is 2.44. The van der Waals surface area contributed by atoms with E-state index in [0.717, 1.165) is 15.8 Å². The molecule has 2 aromatic carbocycles. The lowest BCUT2D eigenvalue weighted by Gasteiger charge is -2.35. The SMILES string of the molecule is Cc1c(F)cc2scnc2c1C1CC(OC(=O)NCc2ccc3c(c2F)C(=O)N(C2CCC(=O)NC2=O)C3)C1. The molecular formula is C27H24F2N4O5S. The van der Waals surface area contributed by atoms with Crippen LogP contribution in [0.1, 0.15) is 64.2 Å². The Labute approximate surface area is 225 Å². The molecule has 1 aliphatic carbocycles. The number of amides is 4. The van der Waals surface area contributed by atoms with Gasteiger partial charge in [-0.25, -0.2) is 18.6 Å². The first kappa shape index (κ1) is 25.4. The minimum absolute atomic E-state index is 0.0237. The van der Waals surface area contributed by atoms with Gasteiger partial charge in [0.25, 0.3) is 5.91 Å². The number of thiazole rings is 1. The van der Waals surface area contributed by atoms with Crippen LogP contribution in [-0.4, -0.2) is 45.8 Å². The second-order valence-corrected chi connectivity index (χ2v) is 11.0. The van der Waals surface area contributed by atoms with Crippen LogP contribution in [0.3, 0.4) is 0 Å². The van der Waals surface area contributed by atoms with Gasteiger partial charge >= 0.3 is 6.09 Å². The zero-order chi connectivity index (χ0) is 27.4. The van der Waals surface area contributed by atoms with Crippen LogP contribution in [-0.2, 0) is 27.4 Å². The van der Waals surface area contributed by atoms with Crippen LogP contribution in [0.5, 0.6) is 0 Å². The van der Waals surface area contributed by atoms with Gasteiger partial charge in [0.1, 0.15) is 23.8 Å². The summed E-state index contributed by atoms with van der Waals surface area (Å²) in [6, 6.07) is 3.74. The summed E-state index contributed by atoms with van der Waals surface area (Å²) in [5.74, 6) is -2.60. The van der Waals surface area contributed by atoms with Gasteiger partial charge < -0.3 is 15.0 Å². The smallest absolute Gasteiger partial charge is 0.407 e. The molecule has 1 aromatic heterocycles. The maximum atomic E-state index is 15.3. The minimum atomic E-state index is -0.840. The second-order valence-electron chi connectivity index (χ2n) is 10.1. The Bertz CT molecular complexity index is 1550. The average Bonchev–Trinajstić information content (AvgIpc) is 3.46. The van der Waals surface area contributed by atoms with Crippen molar-refractivity contribution in [3.05, 3.63) is 63.2 Å². The van der Waals surface area contributed by atoms with E-state index in [2.05, 4.69) is 15.6 Å². The molecule has 9 nitrogen and oxygen atoms in total. The van der Waals surface area contributed by atoms with Gasteiger partial charge in [0, 0.05) is 25.1 Å². The van der Waals surface area contributed by atoms with Crippen LogP contribution < -0.4 is 10.6 Å². The molecule has 1 atom stereocenters. The number of carbonyl (C=O) groups is 4. The zero-order valence-corrected chi connectivity index (χ0v) is 21.7. The van der Waals surface area contributed by atoms with E-state index in [1.165, 1.54) is 28.4 Å². The van der Waals surface area contributed by atoms with Crippen LogP contribution >= 0.6 is 11.3 Å². The fourth-order valence-corrected chi connectivity index (χ4v) is 6.35. The molecule has 0 bridgehead atoms. The number of ether oxygens (including phenoxy) is 1. The van der Waals surface area contributed by atoms with E-state index in [4.69, 9.17) is 4.74 Å². The number of hydrogen-bond acceptors (Lipinski definition) is 7. The maximum Gasteiger partial charge on any atom is 0.407 e. The Balaban J connectivity index is 1.06. The molecule has 4 amide bonds. The van der Waals surface area contributed by atoms with Crippen LogP contribution in [0.4, 0.5) is 13.6 Å². The number of hydrogen-bond donors (Lipinski definition) is 2. The van der Waals surface area contributed by atoms with E-state index in [9.17, 15) is 23.6 Å². The Morgan fingerprint density at radius 3 is 2.82 bits per heavy atom. The van der Waals surface area contributed by atoms with E-state index in [-0.39, 0.29) is 54.9 Å². The fraction of sp³-hybridized carbons (Fsp3) is 0.370. The Morgan fingerprint density at radius 1 is 1.26 bits per heavy atom. The summed E-state index contributed by atoms with van der Waals surface area (Å²) in [6.07, 6.45) is 0.269. The summed E-state index contributed by atoms with van der Waals surface area (Å²) in [7, 11) is 0. The highest BCUT2D eigenvalue weighted by Gasteiger charge is 2.41. The zero-order valence-electron chi connectivity index (χ0n) is 20.9. The molecule has 1 saturated heterocycles. The van der Waals surface area contributed by atoms with Gasteiger partial charge in [-0.2, -0.15) is 0 Å². The molecule has 202 valence electrons. The Hall–Kier alpha value is -3.93. The van der Waals surface area contributed by atoms with Gasteiger partial charge in [0.05, 0.1) is 21.3 Å². The van der Waals surface area contributed by atoms with Gasteiger partial charge in [0.15, 0.2) is 0 Å². The molecule has 0 radical (unpaired) electrons. The normalized spacial score (nSPS) is 22.5. The van der Waals surface area contributed by atoms with Crippen LogP contribution in [0.2, 0.25) is 0 Å². The average molecular weight is 555 g/mol. The molecule has 12 heteroatoms. The summed E-state index contributed by atoms with van der Waals surface area (Å²) in [4.78, 5) is 54.7. The first-order valence-corrected chi connectivity index (χ1v) is 13.5. The van der Waals surface area contributed by atoms with Crippen molar-refractivity contribution < 1.29 is 32.7 Å². The van der Waals surface area contributed by atoms with Crippen LogP contribution in [0.15, 0.2) is 23.7 Å². The quantitative estimate of drug-likeness (QED) is 0.463. The predicted molar refractivity (Wildman–Crippen MR) is 136 cm³/mol. The molecule has 3 aliphatic rings. The predicted octanol–water partition coefficient (Wildman–Crippen LogP) is 3.82. The fourth-order valence-electron chi connectivity index (χ4n) is 5.64. The highest BCUT2D eigenvalue weighted by atomic mass is 32.1. The van der Waals surface area contributed by atoms with Gasteiger partial charge in [-0.3, -0.25) is 19.7 Å². The van der Waals surface area contributed by atoms with E-state index in [1.807, 2.05) is 0 Å². The highest BCUT2D eigenvalue weighted by molar-refractivity contribution is 7.16. The molecule has 3 aromatic rings. The van der Waals surface area contributed by atoms with Gasteiger partial charge in [0.2, 0.25) is 11.8 Å². The molecule has 2 fully saturated rings. The van der Waals surface area contributed by atoms with Gasteiger partial charge in [-0.1, -0.05) is 12.1 Å². The van der Waals surface area contributed by atoms with E-state index in [0.29, 0.717) is 24.0 Å². The molecule has 2 aliphatic heterocycles. The number of carbonyl (C=O) groups excluding carboxylic acids is 4. The number of rotatable bonds is 5. The molecule has 1 unspecified atom stereocenters. The summed E-state index contributed by atoms with van der Waals surface area (Å²) in [5, 5.41) is 4.75. The minimum Gasteiger partial charge on any atom is -0.446 e. The third-order valence-corrected chi connectivity index (χ3v) is 8.56. The summed E-state index contributed by atoms with van der Waals surface area (Å²) in [5.41, 5.74) is 4.29. The van der Waals surface area contributed by atoms with Crippen molar-refractivity contribution in [1.82, 2.24) is 20.5 Å². The van der Waals surface area contributed by atoms with E-state index in [1.54, 1.807) is 18.5 Å². The number of benzene rings is 2. The largest absolute Gasteiger partial charge is 0.446 e. The molecule has 3 heterocycles. The summed E-state index contributed by atoms with van der Waals surface area (Å²) >= 11 is 1.38. The monoisotopic (exact) mass is 554 g/mol. The molecule has 2 N–H and O–H groups in total. The standard InChI is InChI=1S/C27H24F2N4O5S/c1-12-17(28)8-19-24(31-11-39-19)21(12)15-6-16(7-15)38-27(37)30-9-13-2-3-14-10-33(26(36)22(14)23(13)29)18-4-5-20(34)32-25(18)35/h2-3,8,11,15-16,18H,4-7,9-10H2,1H3,(H,30,37)(H,32,34,35). The topological polar surface area (TPSA) is 118 Å². The molecule has 39 heavy (non-hydrogen) atoms. The third-order valence-electron chi connectivity index (χ3n) is 7.78. The number of nitrogens with zero attached hydrogens (tertiary/aromatic N) is 2. The van der Waals surface area contributed by atoms with Crippen molar-refractivity contribution in [2.75, 3.05) is 0 Å². The third kappa shape index (κ3) is 4.42. The summed E-state index contributed by atoms with van der Waals surface area (Å²) < 4.78 is 35.9. The van der Waals surface area contributed by atoms with Crippen molar-refractivity contribution in [3.63, 3.8) is 0 Å². The number of nitrogens with one attached hydrogen (secondary N) is 2. The lowest BCUT2D eigenvalue weighted by atomic mass is 9.75. The molecule has 6 rings (SSSR count). The molecule has 0 spiro atoms. The number of aromatic nitrogens is 1. The van der Waals surface area contributed by atoms with Crippen LogP contribution in [0, 0.1) is 18.6 Å². The summed E-state index contributed by atoms with van der Waals surface area (Å²) in [6.45, 7) is 1.60. The first-order chi connectivity index (χ1) is 18.7. The number of alkyl carbamates (subject to hydrolysis) is 1. The van der Waals surface area contributed by atoms with Crippen molar-refractivity contribution in [1.29, 1.82) is 0 Å². The van der Waals surface area contributed by atoms with Crippen molar-refractivity contribution in [2.45, 2.75) is 63.8 Å². The molecular weight excluding hydrogens is 530 g/mol. The van der Waals surface area contributed by atoms with Crippen molar-refractivity contribution in [2.24, 2.45) is 0 Å². The number of fused-ring (bicyclic) bond motifs is 2. The van der Waals surface area contributed by atoms with Gasteiger partial charge in [-0.05, 0) is 54.9 Å². The lowest BCUT2D eigenvalue weighted by molar-refractivity contribution is -0.136. The van der Waals surface area contributed by atoms with Gasteiger partial charge in [-0.15, -0.1) is 11.3 Å². The Kier molecular flexibility index (Phi) is 6.29. The molecule has 1 saturated carbocycles. The van der Waals surface area contributed by atoms with Crippen LogP contribution in [0.25, 0.3) is 10.2 Å². The number of halogens is 2. The maximum absolute atomic E-state index is 15.3. The Morgan fingerprint density at radius 2 is 2.05 bits per heavy atom.